The highest BCUT2D eigenvalue weighted by atomic mass is 16.5. The molecule has 1 saturated heterocycles. The summed E-state index contributed by atoms with van der Waals surface area (Å²) in [5, 5.41) is 8.48. The van der Waals surface area contributed by atoms with Crippen LogP contribution in [0.25, 0.3) is 6.08 Å². The summed E-state index contributed by atoms with van der Waals surface area (Å²) >= 11 is 0. The zero-order chi connectivity index (χ0) is 19.2. The van der Waals surface area contributed by atoms with Crippen molar-refractivity contribution in [3.8, 4) is 0 Å². The average molecular weight is 368 g/mol. The molecule has 0 saturated carbocycles. The van der Waals surface area contributed by atoms with Gasteiger partial charge in [-0.15, -0.1) is 0 Å². The van der Waals surface area contributed by atoms with Gasteiger partial charge in [-0.05, 0) is 23.3 Å². The number of hydrogen-bond acceptors (Lipinski definition) is 5. The molecule has 1 aromatic heterocycles. The monoisotopic (exact) mass is 368 g/mol. The minimum atomic E-state index is -0.548. The second kappa shape index (κ2) is 8.66. The van der Waals surface area contributed by atoms with Gasteiger partial charge in [0.05, 0.1) is 0 Å². The van der Waals surface area contributed by atoms with Crippen molar-refractivity contribution in [2.24, 2.45) is 7.05 Å². The van der Waals surface area contributed by atoms with Crippen LogP contribution in [0.15, 0.2) is 53.3 Å². The van der Waals surface area contributed by atoms with Gasteiger partial charge in [0.25, 0.3) is 11.5 Å². The van der Waals surface area contributed by atoms with Crippen molar-refractivity contribution >= 4 is 17.8 Å². The molecule has 27 heavy (non-hydrogen) atoms. The van der Waals surface area contributed by atoms with Gasteiger partial charge in [-0.2, -0.15) is 0 Å². The Morgan fingerprint density at radius 3 is 2.48 bits per heavy atom. The molecule has 142 valence electrons. The van der Waals surface area contributed by atoms with Crippen LogP contribution in [0, 0.1) is 0 Å². The number of nitrogens with one attached hydrogen (secondary N) is 1. The Kier molecular flexibility index (Phi) is 6.05. The normalized spacial score (nSPS) is 15.3. The Balaban J connectivity index is 1.55. The van der Waals surface area contributed by atoms with Gasteiger partial charge in [-0.25, -0.2) is 5.48 Å². The maximum atomic E-state index is 11.8. The Bertz CT molecular complexity index is 866. The van der Waals surface area contributed by atoms with E-state index >= 15 is 0 Å². The molecule has 0 unspecified atom stereocenters. The Morgan fingerprint density at radius 1 is 1.11 bits per heavy atom. The number of benzene rings is 1. The maximum Gasteiger partial charge on any atom is 0.267 e. The molecule has 0 radical (unpaired) electrons. The van der Waals surface area contributed by atoms with Crippen LogP contribution in [0.1, 0.15) is 11.1 Å². The molecule has 1 aliphatic rings. The summed E-state index contributed by atoms with van der Waals surface area (Å²) < 4.78 is 1.69. The standard InChI is InChI=1S/C20H24N4O3/c1-22-19(3-2-4-20(22)26)24-13-11-23(12-14-24)15-17-7-5-16(6-8-17)9-10-18(25)21-27/h2-10,27H,11-15H2,1H3,(H,21,25)/b10-9+. The number of aromatic nitrogens is 1. The van der Waals surface area contributed by atoms with E-state index < -0.39 is 5.91 Å². The van der Waals surface area contributed by atoms with E-state index in [-0.39, 0.29) is 5.56 Å². The SMILES string of the molecule is Cn1c(N2CCN(Cc3ccc(/C=C/C(=O)NO)cc3)CC2)cccc1=O. The largest absolute Gasteiger partial charge is 0.355 e. The van der Waals surface area contributed by atoms with Crippen LogP contribution >= 0.6 is 0 Å². The maximum absolute atomic E-state index is 11.8. The topological polar surface area (TPSA) is 77.8 Å². The summed E-state index contributed by atoms with van der Waals surface area (Å²) in [4.78, 5) is 27.4. The Labute approximate surface area is 158 Å². The quantitative estimate of drug-likeness (QED) is 0.472. The molecule has 1 aromatic carbocycles. The van der Waals surface area contributed by atoms with Gasteiger partial charge < -0.3 is 4.90 Å². The van der Waals surface area contributed by atoms with Crippen molar-refractivity contribution in [1.29, 1.82) is 0 Å². The van der Waals surface area contributed by atoms with Crippen LogP contribution in [-0.4, -0.2) is 46.8 Å². The third-order valence-electron chi connectivity index (χ3n) is 4.78. The fraction of sp³-hybridized carbons (Fsp3) is 0.300. The molecule has 0 bridgehead atoms. The van der Waals surface area contributed by atoms with E-state index in [1.54, 1.807) is 22.2 Å². The molecule has 0 atom stereocenters. The summed E-state index contributed by atoms with van der Waals surface area (Å²) in [6.07, 6.45) is 2.93. The van der Waals surface area contributed by atoms with Gasteiger partial charge in [-0.1, -0.05) is 30.3 Å². The molecule has 7 heteroatoms. The number of carbonyl (C=O) groups is 1. The summed E-state index contributed by atoms with van der Waals surface area (Å²) in [7, 11) is 1.81. The van der Waals surface area contributed by atoms with Gasteiger partial charge in [0, 0.05) is 51.9 Å². The fourth-order valence-corrected chi connectivity index (χ4v) is 3.21. The lowest BCUT2D eigenvalue weighted by Crippen LogP contribution is -2.47. The first kappa shape index (κ1) is 18.9. The number of hydrogen-bond donors (Lipinski definition) is 2. The van der Waals surface area contributed by atoms with Crippen molar-refractivity contribution in [2.45, 2.75) is 6.54 Å². The van der Waals surface area contributed by atoms with Crippen LogP contribution in [0.4, 0.5) is 5.82 Å². The summed E-state index contributed by atoms with van der Waals surface area (Å²) in [6.45, 7) is 4.49. The van der Waals surface area contributed by atoms with Crippen LogP contribution in [-0.2, 0) is 18.4 Å². The molecule has 3 rings (SSSR count). The van der Waals surface area contributed by atoms with Gasteiger partial charge in [0.15, 0.2) is 0 Å². The van der Waals surface area contributed by atoms with Gasteiger partial charge >= 0.3 is 0 Å². The average Bonchev–Trinajstić information content (AvgIpc) is 2.70. The van der Waals surface area contributed by atoms with Crippen LogP contribution in [0.5, 0.6) is 0 Å². The lowest BCUT2D eigenvalue weighted by molar-refractivity contribution is -0.124. The summed E-state index contributed by atoms with van der Waals surface area (Å²) in [6, 6.07) is 13.4. The second-order valence-electron chi connectivity index (χ2n) is 6.60. The Morgan fingerprint density at radius 2 is 1.81 bits per heavy atom. The van der Waals surface area contributed by atoms with E-state index in [4.69, 9.17) is 5.21 Å². The van der Waals surface area contributed by atoms with Crippen molar-refractivity contribution in [3.63, 3.8) is 0 Å². The van der Waals surface area contributed by atoms with Crippen LogP contribution in [0.3, 0.4) is 0 Å². The number of nitrogens with zero attached hydrogens (tertiary/aromatic N) is 3. The van der Waals surface area contributed by atoms with Crippen molar-refractivity contribution < 1.29 is 10.0 Å². The van der Waals surface area contributed by atoms with Crippen LogP contribution in [0.2, 0.25) is 0 Å². The minimum Gasteiger partial charge on any atom is -0.355 e. The zero-order valence-electron chi connectivity index (χ0n) is 15.3. The fourth-order valence-electron chi connectivity index (χ4n) is 3.21. The highest BCUT2D eigenvalue weighted by Crippen LogP contribution is 2.16. The third kappa shape index (κ3) is 4.84. The molecule has 1 amide bonds. The summed E-state index contributed by atoms with van der Waals surface area (Å²) in [5.74, 6) is 0.415. The number of rotatable bonds is 5. The molecule has 2 aromatic rings. The molecule has 2 heterocycles. The molecule has 0 aliphatic carbocycles. The first-order valence-electron chi connectivity index (χ1n) is 8.91. The number of piperazine rings is 1. The lowest BCUT2D eigenvalue weighted by atomic mass is 10.1. The summed E-state index contributed by atoms with van der Waals surface area (Å²) in [5.41, 5.74) is 3.69. The van der Waals surface area contributed by atoms with Gasteiger partial charge in [0.2, 0.25) is 0 Å². The molecule has 1 fully saturated rings. The molecule has 0 spiro atoms. The first-order valence-corrected chi connectivity index (χ1v) is 8.91. The van der Waals surface area contributed by atoms with Gasteiger partial charge in [-0.3, -0.25) is 24.3 Å². The van der Waals surface area contributed by atoms with Crippen LogP contribution < -0.4 is 15.9 Å². The predicted octanol–water partition coefficient (Wildman–Crippen LogP) is 1.23. The lowest BCUT2D eigenvalue weighted by Gasteiger charge is -2.36. The molecule has 2 N–H and O–H groups in total. The predicted molar refractivity (Wildman–Crippen MR) is 105 cm³/mol. The molecular weight excluding hydrogens is 344 g/mol. The van der Waals surface area contributed by atoms with Crippen molar-refractivity contribution in [2.75, 3.05) is 31.1 Å². The van der Waals surface area contributed by atoms with E-state index in [1.807, 2.05) is 43.4 Å². The highest BCUT2D eigenvalue weighted by molar-refractivity contribution is 5.90. The van der Waals surface area contributed by atoms with E-state index in [0.29, 0.717) is 0 Å². The van der Waals surface area contributed by atoms with Gasteiger partial charge in [0.1, 0.15) is 5.82 Å². The van der Waals surface area contributed by atoms with E-state index in [0.717, 1.165) is 44.1 Å². The number of amides is 1. The van der Waals surface area contributed by atoms with Crippen molar-refractivity contribution in [1.82, 2.24) is 14.9 Å². The number of anilines is 1. The highest BCUT2D eigenvalue weighted by Gasteiger charge is 2.18. The van der Waals surface area contributed by atoms with E-state index in [9.17, 15) is 9.59 Å². The molecular formula is C20H24N4O3. The first-order chi connectivity index (χ1) is 13.1. The van der Waals surface area contributed by atoms with Crippen molar-refractivity contribution in [3.05, 3.63) is 70.0 Å². The zero-order valence-corrected chi connectivity index (χ0v) is 15.3. The smallest absolute Gasteiger partial charge is 0.267 e. The third-order valence-corrected chi connectivity index (χ3v) is 4.78. The number of pyridine rings is 1. The number of carbonyl (C=O) groups excluding carboxylic acids is 1. The minimum absolute atomic E-state index is 0.0144. The second-order valence-corrected chi connectivity index (χ2v) is 6.60. The van der Waals surface area contributed by atoms with E-state index in [1.165, 1.54) is 11.6 Å². The molecule has 7 nitrogen and oxygen atoms in total. The number of hydroxylamine groups is 1. The van der Waals surface area contributed by atoms with E-state index in [2.05, 4.69) is 9.80 Å². The Hall–Kier alpha value is -2.90. The molecule has 1 aliphatic heterocycles.